The fourth-order valence-corrected chi connectivity index (χ4v) is 3.55. The third kappa shape index (κ3) is 3.40. The molecular weight excluding hydrogens is 320 g/mol. The molecule has 0 radical (unpaired) electrons. The van der Waals surface area contributed by atoms with Crippen LogP contribution < -0.4 is 11.1 Å². The normalized spacial score (nSPS) is 25.5. The summed E-state index contributed by atoms with van der Waals surface area (Å²) in [4.78, 5) is 24.7. The van der Waals surface area contributed by atoms with Crippen molar-refractivity contribution in [1.29, 1.82) is 0 Å². The fourth-order valence-electron chi connectivity index (χ4n) is 3.55. The van der Waals surface area contributed by atoms with Crippen LogP contribution in [0.3, 0.4) is 0 Å². The summed E-state index contributed by atoms with van der Waals surface area (Å²) in [5.74, 6) is -0.186. The quantitative estimate of drug-likeness (QED) is 0.497. The Morgan fingerprint density at radius 2 is 1.96 bits per heavy atom. The van der Waals surface area contributed by atoms with Gasteiger partial charge < -0.3 is 16.0 Å². The molecule has 2 heterocycles. The number of nitrogens with two attached hydrogens (primary N) is 1. The van der Waals surface area contributed by atoms with Crippen LogP contribution >= 0.6 is 12.4 Å². The molecule has 3 rings (SSSR count). The van der Waals surface area contributed by atoms with Crippen LogP contribution in [0.2, 0.25) is 0 Å². The molecule has 2 aliphatic heterocycles. The van der Waals surface area contributed by atoms with Gasteiger partial charge in [0.1, 0.15) is 5.69 Å². The summed E-state index contributed by atoms with van der Waals surface area (Å²) in [7, 11) is 1.78. The first-order chi connectivity index (χ1) is 10.5. The summed E-state index contributed by atoms with van der Waals surface area (Å²) in [5.41, 5.74) is 5.75. The number of nitrogens with one attached hydrogen (secondary N) is 1. The predicted octanol–water partition coefficient (Wildman–Crippen LogP) is 1.95. The first-order valence-electron chi connectivity index (χ1n) is 7.53. The summed E-state index contributed by atoms with van der Waals surface area (Å²) < 4.78 is 0. The van der Waals surface area contributed by atoms with Crippen molar-refractivity contribution in [1.82, 2.24) is 10.2 Å². The zero-order valence-corrected chi connectivity index (χ0v) is 13.7. The minimum Gasteiger partial charge on any atom is -0.393 e. The average Bonchev–Trinajstić information content (AvgIpc) is 2.84. The van der Waals surface area contributed by atoms with Crippen LogP contribution in [-0.2, 0) is 0 Å². The van der Waals surface area contributed by atoms with Crippen LogP contribution in [0, 0.1) is 10.1 Å². The number of nitrogens with zero attached hydrogens (tertiary/aromatic N) is 2. The molecule has 3 N–H and O–H groups in total. The Morgan fingerprint density at radius 3 is 2.52 bits per heavy atom. The van der Waals surface area contributed by atoms with Gasteiger partial charge in [-0.2, -0.15) is 0 Å². The van der Waals surface area contributed by atoms with Gasteiger partial charge in [0.25, 0.3) is 11.6 Å². The summed E-state index contributed by atoms with van der Waals surface area (Å²) in [5, 5.41) is 14.5. The van der Waals surface area contributed by atoms with Crippen LogP contribution in [0.5, 0.6) is 0 Å². The molecule has 2 fully saturated rings. The van der Waals surface area contributed by atoms with Crippen molar-refractivity contribution in [2.45, 2.75) is 43.8 Å². The summed E-state index contributed by atoms with van der Waals surface area (Å²) >= 11 is 0. The van der Waals surface area contributed by atoms with Crippen LogP contribution in [0.15, 0.2) is 18.2 Å². The Kier molecular flexibility index (Phi) is 5.11. The van der Waals surface area contributed by atoms with Gasteiger partial charge in [0.15, 0.2) is 0 Å². The Hall–Kier alpha value is -1.86. The lowest BCUT2D eigenvalue weighted by atomic mass is 9.98. The molecular formula is C15H21ClN4O3. The van der Waals surface area contributed by atoms with E-state index in [0.29, 0.717) is 17.6 Å². The number of hydrogen-bond acceptors (Lipinski definition) is 5. The third-order valence-electron chi connectivity index (χ3n) is 4.79. The van der Waals surface area contributed by atoms with E-state index in [1.165, 1.54) is 12.1 Å². The molecule has 0 aliphatic carbocycles. The molecule has 2 saturated heterocycles. The number of piperidine rings is 1. The Bertz CT molecular complexity index is 613. The summed E-state index contributed by atoms with van der Waals surface area (Å²) in [6, 6.07) is 5.40. The van der Waals surface area contributed by atoms with Crippen molar-refractivity contribution in [2.24, 2.45) is 0 Å². The highest BCUT2D eigenvalue weighted by atomic mass is 35.5. The second kappa shape index (κ2) is 6.72. The molecule has 126 valence electrons. The first kappa shape index (κ1) is 17.5. The van der Waals surface area contributed by atoms with Crippen molar-refractivity contribution < 1.29 is 9.72 Å². The van der Waals surface area contributed by atoms with Gasteiger partial charge in [0.2, 0.25) is 0 Å². The number of anilines is 1. The average molecular weight is 341 g/mol. The molecule has 2 atom stereocenters. The Morgan fingerprint density at radius 1 is 1.35 bits per heavy atom. The zero-order valence-electron chi connectivity index (χ0n) is 12.9. The Balaban J connectivity index is 0.00000192. The van der Waals surface area contributed by atoms with Crippen LogP contribution in [0.4, 0.5) is 11.4 Å². The van der Waals surface area contributed by atoms with Crippen LogP contribution in [0.1, 0.15) is 36.0 Å². The van der Waals surface area contributed by atoms with Gasteiger partial charge in [-0.25, -0.2) is 0 Å². The van der Waals surface area contributed by atoms with Crippen molar-refractivity contribution >= 4 is 29.7 Å². The van der Waals surface area contributed by atoms with E-state index in [1.807, 2.05) is 0 Å². The lowest BCUT2D eigenvalue weighted by Crippen LogP contribution is -2.48. The zero-order chi connectivity index (χ0) is 15.9. The predicted molar refractivity (Wildman–Crippen MR) is 89.8 cm³/mol. The second-order valence-corrected chi connectivity index (χ2v) is 6.21. The number of rotatable bonds is 3. The number of halogens is 1. The molecule has 0 saturated carbocycles. The molecule has 0 spiro atoms. The molecule has 2 bridgehead atoms. The molecule has 2 unspecified atom stereocenters. The molecule has 0 aromatic heterocycles. The molecule has 1 aromatic rings. The monoisotopic (exact) mass is 340 g/mol. The van der Waals surface area contributed by atoms with Gasteiger partial charge in [-0.15, -0.1) is 12.4 Å². The van der Waals surface area contributed by atoms with E-state index in [-0.39, 0.29) is 35.7 Å². The number of carbonyl (C=O) groups excluding carboxylic acids is 1. The van der Waals surface area contributed by atoms with Gasteiger partial charge in [-0.1, -0.05) is 0 Å². The van der Waals surface area contributed by atoms with E-state index >= 15 is 0 Å². The van der Waals surface area contributed by atoms with E-state index in [9.17, 15) is 14.9 Å². The number of nitro benzene ring substituents is 1. The van der Waals surface area contributed by atoms with E-state index in [1.54, 1.807) is 18.0 Å². The lowest BCUT2D eigenvalue weighted by Gasteiger charge is -2.35. The highest BCUT2D eigenvalue weighted by molar-refractivity contribution is 5.95. The molecule has 8 heteroatoms. The van der Waals surface area contributed by atoms with Crippen molar-refractivity contribution in [2.75, 3.05) is 12.8 Å². The molecule has 7 nitrogen and oxygen atoms in total. The number of carbonyl (C=O) groups is 1. The van der Waals surface area contributed by atoms with E-state index in [4.69, 9.17) is 5.73 Å². The highest BCUT2D eigenvalue weighted by Gasteiger charge is 2.36. The molecule has 1 amide bonds. The van der Waals surface area contributed by atoms with E-state index < -0.39 is 4.92 Å². The van der Waals surface area contributed by atoms with Crippen molar-refractivity contribution in [3.8, 4) is 0 Å². The third-order valence-corrected chi connectivity index (χ3v) is 4.79. The number of nitro groups is 1. The number of fused-ring (bicyclic) bond motifs is 2. The number of benzene rings is 1. The summed E-state index contributed by atoms with van der Waals surface area (Å²) in [6.07, 6.45) is 4.21. The van der Waals surface area contributed by atoms with Crippen LogP contribution in [-0.4, -0.2) is 40.9 Å². The SMILES string of the molecule is CN(C(=O)c1ccc(N)c([N+](=O)[O-])c1)C1CC2CCC(C1)N2.Cl. The number of hydrogen-bond donors (Lipinski definition) is 2. The standard InChI is InChI=1S/C15H20N4O3.ClH/c1-18(12-7-10-3-4-11(8-12)17-10)15(20)9-2-5-13(16)14(6-9)19(21)22;/h2,5-6,10-12,17H,3-4,7-8,16H2,1H3;1H. The minimum absolute atomic E-state index is 0. The summed E-state index contributed by atoms with van der Waals surface area (Å²) in [6.45, 7) is 0. The first-order valence-corrected chi connectivity index (χ1v) is 7.53. The lowest BCUT2D eigenvalue weighted by molar-refractivity contribution is -0.383. The Labute approximate surface area is 140 Å². The van der Waals surface area contributed by atoms with Gasteiger partial charge >= 0.3 is 0 Å². The van der Waals surface area contributed by atoms with E-state index in [2.05, 4.69) is 5.32 Å². The maximum atomic E-state index is 12.6. The smallest absolute Gasteiger partial charge is 0.292 e. The van der Waals surface area contributed by atoms with Crippen LogP contribution in [0.25, 0.3) is 0 Å². The largest absolute Gasteiger partial charge is 0.393 e. The number of amides is 1. The molecule has 23 heavy (non-hydrogen) atoms. The van der Waals surface area contributed by atoms with Gasteiger partial charge in [0, 0.05) is 36.8 Å². The van der Waals surface area contributed by atoms with Gasteiger partial charge in [-0.05, 0) is 37.8 Å². The fraction of sp³-hybridized carbons (Fsp3) is 0.533. The second-order valence-electron chi connectivity index (χ2n) is 6.21. The highest BCUT2D eigenvalue weighted by Crippen LogP contribution is 2.30. The van der Waals surface area contributed by atoms with Gasteiger partial charge in [-0.3, -0.25) is 14.9 Å². The van der Waals surface area contributed by atoms with E-state index in [0.717, 1.165) is 25.7 Å². The maximum absolute atomic E-state index is 12.6. The van der Waals surface area contributed by atoms with Gasteiger partial charge in [0.05, 0.1) is 4.92 Å². The molecule has 2 aliphatic rings. The maximum Gasteiger partial charge on any atom is 0.292 e. The molecule has 1 aromatic carbocycles. The number of nitrogen functional groups attached to an aromatic ring is 1. The topological polar surface area (TPSA) is 102 Å². The van der Waals surface area contributed by atoms with Crippen molar-refractivity contribution in [3.05, 3.63) is 33.9 Å². The minimum atomic E-state index is -0.559. The van der Waals surface area contributed by atoms with Crippen molar-refractivity contribution in [3.63, 3.8) is 0 Å².